The number of nitrogens with one attached hydrogen (secondary N) is 1. The SMILES string of the molecule is CCN(CC)S(=O)(=O)c1cc(C(=O)Nc2ccccc2Cc2ccccc2)n(C)c1. The van der Waals surface area contributed by atoms with E-state index in [0.717, 1.165) is 11.1 Å². The van der Waals surface area contributed by atoms with Crippen molar-refractivity contribution in [2.24, 2.45) is 7.05 Å². The highest BCUT2D eigenvalue weighted by atomic mass is 32.2. The van der Waals surface area contributed by atoms with E-state index >= 15 is 0 Å². The first-order valence-electron chi connectivity index (χ1n) is 9.96. The Morgan fingerprint density at radius 2 is 1.63 bits per heavy atom. The van der Waals surface area contributed by atoms with Crippen molar-refractivity contribution in [2.45, 2.75) is 25.2 Å². The number of aryl methyl sites for hydroxylation is 1. The second-order valence-corrected chi connectivity index (χ2v) is 8.97. The summed E-state index contributed by atoms with van der Waals surface area (Å²) in [5.41, 5.74) is 3.13. The van der Waals surface area contributed by atoms with Crippen molar-refractivity contribution in [3.63, 3.8) is 0 Å². The minimum atomic E-state index is -3.63. The number of hydrogen-bond donors (Lipinski definition) is 1. The number of aromatic nitrogens is 1. The van der Waals surface area contributed by atoms with Gasteiger partial charge in [0.2, 0.25) is 10.0 Å². The molecule has 158 valence electrons. The van der Waals surface area contributed by atoms with Gasteiger partial charge in [-0.3, -0.25) is 4.79 Å². The molecule has 0 fully saturated rings. The zero-order chi connectivity index (χ0) is 21.7. The fraction of sp³-hybridized carbons (Fsp3) is 0.261. The maximum atomic E-state index is 12.9. The number of para-hydroxylation sites is 1. The van der Waals surface area contributed by atoms with Gasteiger partial charge in [0.05, 0.1) is 0 Å². The highest BCUT2D eigenvalue weighted by Crippen LogP contribution is 2.22. The molecule has 1 amide bonds. The fourth-order valence-corrected chi connectivity index (χ4v) is 4.94. The number of carbonyl (C=O) groups excluding carboxylic acids is 1. The lowest BCUT2D eigenvalue weighted by Gasteiger charge is -2.17. The standard InChI is InChI=1S/C23H27N3O3S/c1-4-26(5-2)30(28,29)20-16-22(25(3)17-20)23(27)24-21-14-10-9-13-19(21)15-18-11-7-6-8-12-18/h6-14,16-17H,4-5,15H2,1-3H3,(H,24,27). The lowest BCUT2D eigenvalue weighted by molar-refractivity contribution is 0.101. The van der Waals surface area contributed by atoms with Gasteiger partial charge in [-0.25, -0.2) is 8.42 Å². The van der Waals surface area contributed by atoms with Crippen LogP contribution in [0.15, 0.2) is 71.8 Å². The number of nitrogens with zero attached hydrogens (tertiary/aromatic N) is 2. The van der Waals surface area contributed by atoms with Crippen LogP contribution in [0.3, 0.4) is 0 Å². The van der Waals surface area contributed by atoms with Crippen LogP contribution in [0.25, 0.3) is 0 Å². The van der Waals surface area contributed by atoms with Gasteiger partial charge in [-0.15, -0.1) is 0 Å². The van der Waals surface area contributed by atoms with Crippen molar-refractivity contribution in [3.05, 3.63) is 83.7 Å². The van der Waals surface area contributed by atoms with E-state index in [2.05, 4.69) is 5.32 Å². The minimum Gasteiger partial charge on any atom is -0.345 e. The van der Waals surface area contributed by atoms with E-state index in [9.17, 15) is 13.2 Å². The molecule has 0 spiro atoms. The van der Waals surface area contributed by atoms with Crippen LogP contribution in [0.5, 0.6) is 0 Å². The summed E-state index contributed by atoms with van der Waals surface area (Å²) in [5.74, 6) is -0.348. The van der Waals surface area contributed by atoms with Gasteiger partial charge in [0, 0.05) is 32.0 Å². The smallest absolute Gasteiger partial charge is 0.272 e. The zero-order valence-electron chi connectivity index (χ0n) is 17.5. The normalized spacial score (nSPS) is 11.6. The van der Waals surface area contributed by atoms with Crippen LogP contribution in [0.1, 0.15) is 35.5 Å². The summed E-state index contributed by atoms with van der Waals surface area (Å²) in [5, 5.41) is 2.94. The second kappa shape index (κ2) is 9.28. The van der Waals surface area contributed by atoms with Crippen molar-refractivity contribution in [1.82, 2.24) is 8.87 Å². The minimum absolute atomic E-state index is 0.122. The van der Waals surface area contributed by atoms with Crippen molar-refractivity contribution >= 4 is 21.6 Å². The Hall–Kier alpha value is -2.90. The molecule has 3 aromatic rings. The van der Waals surface area contributed by atoms with Gasteiger partial charge < -0.3 is 9.88 Å². The molecule has 0 aliphatic carbocycles. The molecule has 1 heterocycles. The predicted molar refractivity (Wildman–Crippen MR) is 119 cm³/mol. The molecule has 3 rings (SSSR count). The predicted octanol–water partition coefficient (Wildman–Crippen LogP) is 3.90. The zero-order valence-corrected chi connectivity index (χ0v) is 18.3. The first-order chi connectivity index (χ1) is 14.4. The summed E-state index contributed by atoms with van der Waals surface area (Å²) in [6, 6.07) is 19.1. The lowest BCUT2D eigenvalue weighted by atomic mass is 10.0. The number of carbonyl (C=O) groups is 1. The number of rotatable bonds is 8. The topological polar surface area (TPSA) is 71.4 Å². The van der Waals surface area contributed by atoms with Crippen LogP contribution in [0.4, 0.5) is 5.69 Å². The summed E-state index contributed by atoms with van der Waals surface area (Å²) in [6.07, 6.45) is 2.17. The molecule has 0 saturated carbocycles. The molecule has 0 radical (unpaired) electrons. The van der Waals surface area contributed by atoms with E-state index in [0.29, 0.717) is 25.2 Å². The van der Waals surface area contributed by atoms with Crippen molar-refractivity contribution in [2.75, 3.05) is 18.4 Å². The third kappa shape index (κ3) is 4.63. The fourth-order valence-electron chi connectivity index (χ4n) is 3.41. The van der Waals surface area contributed by atoms with Crippen molar-refractivity contribution in [1.29, 1.82) is 0 Å². The molecule has 7 heteroatoms. The summed E-state index contributed by atoms with van der Waals surface area (Å²) in [7, 11) is -1.95. The molecule has 6 nitrogen and oxygen atoms in total. The molecule has 0 saturated heterocycles. The second-order valence-electron chi connectivity index (χ2n) is 7.03. The molecule has 0 aliphatic rings. The Morgan fingerprint density at radius 1 is 1.00 bits per heavy atom. The van der Waals surface area contributed by atoms with E-state index in [1.165, 1.54) is 16.6 Å². The van der Waals surface area contributed by atoms with Crippen LogP contribution in [-0.2, 0) is 23.5 Å². The van der Waals surface area contributed by atoms with Gasteiger partial charge >= 0.3 is 0 Å². The molecule has 30 heavy (non-hydrogen) atoms. The Balaban J connectivity index is 1.85. The maximum Gasteiger partial charge on any atom is 0.272 e. The Bertz CT molecular complexity index is 1120. The first kappa shape index (κ1) is 21.8. The van der Waals surface area contributed by atoms with Crippen LogP contribution >= 0.6 is 0 Å². The highest BCUT2D eigenvalue weighted by molar-refractivity contribution is 7.89. The van der Waals surface area contributed by atoms with Gasteiger partial charge in [0.1, 0.15) is 10.6 Å². The molecule has 0 atom stereocenters. The van der Waals surface area contributed by atoms with Gasteiger partial charge in [-0.2, -0.15) is 4.31 Å². The van der Waals surface area contributed by atoms with Gasteiger partial charge in [0.25, 0.3) is 5.91 Å². The molecular weight excluding hydrogens is 398 g/mol. The number of hydrogen-bond acceptors (Lipinski definition) is 3. The van der Waals surface area contributed by atoms with E-state index in [4.69, 9.17) is 0 Å². The van der Waals surface area contributed by atoms with Gasteiger partial charge in [-0.05, 0) is 29.7 Å². The van der Waals surface area contributed by atoms with E-state index in [-0.39, 0.29) is 16.5 Å². The van der Waals surface area contributed by atoms with Gasteiger partial charge in [-0.1, -0.05) is 62.4 Å². The molecule has 1 N–H and O–H groups in total. The van der Waals surface area contributed by atoms with E-state index in [1.807, 2.05) is 54.6 Å². The van der Waals surface area contributed by atoms with Crippen LogP contribution in [0, 0.1) is 0 Å². The van der Waals surface area contributed by atoms with Crippen LogP contribution in [-0.4, -0.2) is 36.3 Å². The summed E-state index contributed by atoms with van der Waals surface area (Å²) in [6.45, 7) is 4.34. The average molecular weight is 426 g/mol. The monoisotopic (exact) mass is 425 g/mol. The van der Waals surface area contributed by atoms with E-state index in [1.54, 1.807) is 25.5 Å². The van der Waals surface area contributed by atoms with Crippen molar-refractivity contribution in [3.8, 4) is 0 Å². The molecule has 0 unspecified atom stereocenters. The third-order valence-corrected chi connectivity index (χ3v) is 7.07. The summed E-state index contributed by atoms with van der Waals surface area (Å²) < 4.78 is 28.5. The molecule has 0 aliphatic heterocycles. The Morgan fingerprint density at radius 3 is 2.30 bits per heavy atom. The lowest BCUT2D eigenvalue weighted by Crippen LogP contribution is -2.30. The number of amides is 1. The Kier molecular flexibility index (Phi) is 6.74. The van der Waals surface area contributed by atoms with Gasteiger partial charge in [0.15, 0.2) is 0 Å². The highest BCUT2D eigenvalue weighted by Gasteiger charge is 2.25. The molecular formula is C23H27N3O3S. The quantitative estimate of drug-likeness (QED) is 0.595. The van der Waals surface area contributed by atoms with Crippen LogP contribution in [0.2, 0.25) is 0 Å². The molecule has 0 bridgehead atoms. The molecule has 1 aromatic heterocycles. The first-order valence-corrected chi connectivity index (χ1v) is 11.4. The average Bonchev–Trinajstić information content (AvgIpc) is 3.14. The Labute approximate surface area is 178 Å². The number of benzene rings is 2. The maximum absolute atomic E-state index is 12.9. The number of sulfonamides is 1. The largest absolute Gasteiger partial charge is 0.345 e. The molecule has 2 aromatic carbocycles. The van der Waals surface area contributed by atoms with Crippen molar-refractivity contribution < 1.29 is 13.2 Å². The summed E-state index contributed by atoms with van der Waals surface area (Å²) in [4.78, 5) is 13.1. The summed E-state index contributed by atoms with van der Waals surface area (Å²) >= 11 is 0. The van der Waals surface area contributed by atoms with E-state index < -0.39 is 10.0 Å². The van der Waals surface area contributed by atoms with Crippen LogP contribution < -0.4 is 5.32 Å². The number of anilines is 1. The third-order valence-electron chi connectivity index (χ3n) is 5.06.